The van der Waals surface area contributed by atoms with Crippen LogP contribution in [0.4, 0.5) is 9.18 Å². The Morgan fingerprint density at radius 2 is 1.50 bits per heavy atom. The molecule has 0 atom stereocenters. The molecule has 0 bridgehead atoms. The zero-order chi connectivity index (χ0) is 21.4. The van der Waals surface area contributed by atoms with Gasteiger partial charge in [-0.25, -0.2) is 18.5 Å². The maximum absolute atomic E-state index is 13.3. The summed E-state index contributed by atoms with van der Waals surface area (Å²) in [5.74, 6) is -1.14. The molecule has 0 aliphatic heterocycles. The minimum Gasteiger partial charge on any atom is -0.508 e. The van der Waals surface area contributed by atoms with Gasteiger partial charge in [0.25, 0.3) is 0 Å². The summed E-state index contributed by atoms with van der Waals surface area (Å²) in [6.07, 6.45) is -1.35. The number of carbonyl (C=O) groups excluding carboxylic acids is 1. The van der Waals surface area contributed by atoms with Crippen LogP contribution in [-0.4, -0.2) is 34.0 Å². The van der Waals surface area contributed by atoms with Crippen molar-refractivity contribution in [2.75, 3.05) is 7.11 Å². The second-order valence-electron chi connectivity index (χ2n) is 6.62. The van der Waals surface area contributed by atoms with E-state index in [4.69, 9.17) is 4.74 Å². The van der Waals surface area contributed by atoms with E-state index in [0.29, 0.717) is 27.6 Å². The smallest absolute Gasteiger partial charge is 0.416 e. The average Bonchev–Trinajstić information content (AvgIpc) is 3.09. The van der Waals surface area contributed by atoms with E-state index in [1.807, 2.05) is 0 Å². The number of nitrogens with zero attached hydrogens (tertiary/aromatic N) is 1. The van der Waals surface area contributed by atoms with Crippen LogP contribution in [0.1, 0.15) is 10.5 Å². The van der Waals surface area contributed by atoms with Crippen molar-refractivity contribution >= 4 is 23.0 Å². The van der Waals surface area contributed by atoms with Gasteiger partial charge in [0.15, 0.2) is 0 Å². The molecule has 4 rings (SSSR count). The van der Waals surface area contributed by atoms with E-state index in [2.05, 4.69) is 0 Å². The summed E-state index contributed by atoms with van der Waals surface area (Å²) in [5, 5.41) is 20.0. The highest BCUT2D eigenvalue weighted by Crippen LogP contribution is 2.38. The molecule has 0 unspecified atom stereocenters. The van der Waals surface area contributed by atoms with Crippen LogP contribution in [-0.2, 0) is 4.74 Å². The lowest BCUT2D eigenvalue weighted by atomic mass is 9.99. The Morgan fingerprint density at radius 1 is 0.900 bits per heavy atom. The van der Waals surface area contributed by atoms with E-state index >= 15 is 0 Å². The van der Waals surface area contributed by atoms with Gasteiger partial charge in [-0.1, -0.05) is 36.4 Å². The van der Waals surface area contributed by atoms with E-state index in [1.54, 1.807) is 42.5 Å². The predicted octanol–water partition coefficient (Wildman–Crippen LogP) is 5.13. The first kappa shape index (κ1) is 19.2. The van der Waals surface area contributed by atoms with Crippen molar-refractivity contribution in [2.24, 2.45) is 0 Å². The Hall–Kier alpha value is -4.13. The molecule has 6 nitrogen and oxygen atoms in total. The molecular weight excluding hydrogens is 389 g/mol. The van der Waals surface area contributed by atoms with Gasteiger partial charge in [-0.05, 0) is 47.0 Å². The Bertz CT molecular complexity index is 1270. The molecule has 30 heavy (non-hydrogen) atoms. The number of halogens is 1. The van der Waals surface area contributed by atoms with E-state index in [1.165, 1.54) is 31.4 Å². The van der Waals surface area contributed by atoms with Gasteiger partial charge >= 0.3 is 12.1 Å². The van der Waals surface area contributed by atoms with Gasteiger partial charge in [-0.2, -0.15) is 0 Å². The first-order valence-electron chi connectivity index (χ1n) is 8.96. The molecule has 1 aromatic heterocycles. The highest BCUT2D eigenvalue weighted by Gasteiger charge is 2.28. The molecule has 0 spiro atoms. The molecular formula is C23H16FNO5. The number of carbonyl (C=O) groups is 2. The number of phenols is 1. The van der Waals surface area contributed by atoms with Crippen molar-refractivity contribution in [3.63, 3.8) is 0 Å². The highest BCUT2D eigenvalue weighted by atomic mass is 19.1. The molecule has 3 aromatic carbocycles. The van der Waals surface area contributed by atoms with E-state index in [9.17, 15) is 24.2 Å². The van der Waals surface area contributed by atoms with Crippen LogP contribution in [0.15, 0.2) is 66.7 Å². The number of aromatic nitrogens is 1. The van der Waals surface area contributed by atoms with Crippen LogP contribution in [0.3, 0.4) is 0 Å². The number of rotatable bonds is 3. The number of esters is 1. The molecule has 150 valence electrons. The lowest BCUT2D eigenvalue weighted by molar-refractivity contribution is 0.0589. The molecule has 0 aliphatic rings. The van der Waals surface area contributed by atoms with Gasteiger partial charge in [-0.15, -0.1) is 0 Å². The largest absolute Gasteiger partial charge is 0.508 e. The summed E-state index contributed by atoms with van der Waals surface area (Å²) in [6, 6.07) is 17.0. The van der Waals surface area contributed by atoms with Crippen molar-refractivity contribution < 1.29 is 28.9 Å². The van der Waals surface area contributed by atoms with E-state index in [-0.39, 0.29) is 22.8 Å². The Balaban J connectivity index is 2.06. The molecule has 0 aliphatic carbocycles. The summed E-state index contributed by atoms with van der Waals surface area (Å²) < 4.78 is 19.0. The summed E-state index contributed by atoms with van der Waals surface area (Å²) >= 11 is 0. The normalized spacial score (nSPS) is 10.9. The van der Waals surface area contributed by atoms with Crippen molar-refractivity contribution in [1.82, 2.24) is 4.57 Å². The summed E-state index contributed by atoms with van der Waals surface area (Å²) in [6.45, 7) is 0. The molecule has 0 saturated heterocycles. The molecule has 2 N–H and O–H groups in total. The van der Waals surface area contributed by atoms with Gasteiger partial charge < -0.3 is 14.9 Å². The number of carboxylic acid groups (broad SMARTS) is 1. The Morgan fingerprint density at radius 3 is 2.10 bits per heavy atom. The molecule has 1 heterocycles. The molecule has 0 radical (unpaired) electrons. The first-order valence-corrected chi connectivity index (χ1v) is 8.96. The SMILES string of the molecule is COC(=O)c1c(-c2ccc(O)cc2)c2ccc(-c3ccc(F)cc3)cc2n1C(=O)O. The third-order valence-electron chi connectivity index (χ3n) is 4.87. The van der Waals surface area contributed by atoms with Crippen LogP contribution in [0.5, 0.6) is 5.75 Å². The Labute approximate surface area is 170 Å². The van der Waals surface area contributed by atoms with Gasteiger partial charge in [0.05, 0.1) is 12.6 Å². The number of hydrogen-bond acceptors (Lipinski definition) is 4. The van der Waals surface area contributed by atoms with Gasteiger partial charge in [0.2, 0.25) is 0 Å². The van der Waals surface area contributed by atoms with Gasteiger partial charge in [0.1, 0.15) is 17.3 Å². The topological polar surface area (TPSA) is 88.8 Å². The third-order valence-corrected chi connectivity index (χ3v) is 4.87. The fourth-order valence-corrected chi connectivity index (χ4v) is 3.52. The third kappa shape index (κ3) is 3.16. The maximum Gasteiger partial charge on any atom is 0.416 e. The molecule has 0 saturated carbocycles. The molecule has 4 aromatic rings. The average molecular weight is 405 g/mol. The van der Waals surface area contributed by atoms with E-state index in [0.717, 1.165) is 4.57 Å². The number of benzene rings is 3. The van der Waals surface area contributed by atoms with Gasteiger partial charge in [0, 0.05) is 10.9 Å². The lowest BCUT2D eigenvalue weighted by Crippen LogP contribution is -2.17. The van der Waals surface area contributed by atoms with Crippen LogP contribution >= 0.6 is 0 Å². The van der Waals surface area contributed by atoms with Crippen molar-refractivity contribution in [3.05, 3.63) is 78.2 Å². The summed E-state index contributed by atoms with van der Waals surface area (Å²) in [5.41, 5.74) is 2.44. The van der Waals surface area contributed by atoms with Crippen LogP contribution in [0.25, 0.3) is 33.2 Å². The highest BCUT2D eigenvalue weighted by molar-refractivity contribution is 6.12. The lowest BCUT2D eigenvalue weighted by Gasteiger charge is -2.07. The second-order valence-corrected chi connectivity index (χ2v) is 6.62. The first-order chi connectivity index (χ1) is 14.4. The molecule has 0 fully saturated rings. The number of aromatic hydroxyl groups is 1. The van der Waals surface area contributed by atoms with Crippen molar-refractivity contribution in [1.29, 1.82) is 0 Å². The standard InChI is InChI=1S/C23H16FNO5/c1-30-22(27)21-20(14-4-9-17(26)10-5-14)18-11-6-15(12-19(18)25(21)23(28)29)13-2-7-16(24)8-3-13/h2-12,26H,1H3,(H,28,29). The van der Waals surface area contributed by atoms with Crippen LogP contribution in [0.2, 0.25) is 0 Å². The number of methoxy groups -OCH3 is 1. The van der Waals surface area contributed by atoms with Crippen LogP contribution in [0, 0.1) is 5.82 Å². The summed E-state index contributed by atoms with van der Waals surface area (Å²) in [4.78, 5) is 24.7. The predicted molar refractivity (Wildman–Crippen MR) is 109 cm³/mol. The maximum atomic E-state index is 13.3. The minimum atomic E-state index is -1.35. The van der Waals surface area contributed by atoms with Crippen molar-refractivity contribution in [2.45, 2.75) is 0 Å². The zero-order valence-corrected chi connectivity index (χ0v) is 15.8. The summed E-state index contributed by atoms with van der Waals surface area (Å²) in [7, 11) is 1.18. The number of fused-ring (bicyclic) bond motifs is 1. The molecule has 7 heteroatoms. The number of ether oxygens (including phenoxy) is 1. The monoisotopic (exact) mass is 405 g/mol. The quantitative estimate of drug-likeness (QED) is 0.461. The number of phenolic OH excluding ortho intramolecular Hbond substituents is 1. The Kier molecular flexibility index (Phi) is 4.71. The zero-order valence-electron chi connectivity index (χ0n) is 15.8. The van der Waals surface area contributed by atoms with Gasteiger partial charge in [-0.3, -0.25) is 0 Å². The minimum absolute atomic E-state index is 0.0407. The van der Waals surface area contributed by atoms with Crippen LogP contribution < -0.4 is 0 Å². The molecule has 0 amide bonds. The fraction of sp³-hybridized carbons (Fsp3) is 0.0435. The van der Waals surface area contributed by atoms with Crippen molar-refractivity contribution in [3.8, 4) is 28.0 Å². The van der Waals surface area contributed by atoms with E-state index < -0.39 is 12.1 Å². The second kappa shape index (κ2) is 7.36. The fourth-order valence-electron chi connectivity index (χ4n) is 3.52. The number of hydrogen-bond donors (Lipinski definition) is 2.